The lowest BCUT2D eigenvalue weighted by Crippen LogP contribution is -2.46. The lowest BCUT2D eigenvalue weighted by Gasteiger charge is -2.57. The normalized spacial score (nSPS) is 47.4. The number of hydrogen-bond donors (Lipinski definition) is 1. The van der Waals surface area contributed by atoms with Crippen LogP contribution < -0.4 is 5.32 Å². The van der Waals surface area contributed by atoms with Crippen molar-refractivity contribution in [2.45, 2.75) is 51.4 Å². The average Bonchev–Trinajstić information content (AvgIpc) is 2.15. The molecule has 0 unspecified atom stereocenters. The molecule has 0 spiro atoms. The van der Waals surface area contributed by atoms with Crippen molar-refractivity contribution in [2.75, 3.05) is 13.6 Å². The second-order valence-corrected chi connectivity index (χ2v) is 6.62. The third kappa shape index (κ3) is 1.84. The van der Waals surface area contributed by atoms with Gasteiger partial charge in [0.25, 0.3) is 0 Å². The van der Waals surface area contributed by atoms with E-state index in [1.807, 2.05) is 0 Å². The maximum Gasteiger partial charge on any atom is -0.00517 e. The van der Waals surface area contributed by atoms with Crippen molar-refractivity contribution < 1.29 is 0 Å². The summed E-state index contributed by atoms with van der Waals surface area (Å²) in [4.78, 5) is 0. The van der Waals surface area contributed by atoms with E-state index in [1.54, 1.807) is 38.5 Å². The van der Waals surface area contributed by atoms with Gasteiger partial charge in [-0.3, -0.25) is 0 Å². The molecule has 0 radical (unpaired) electrons. The van der Waals surface area contributed by atoms with Crippen molar-refractivity contribution in [2.24, 2.45) is 23.2 Å². The third-order valence-electron chi connectivity index (χ3n) is 5.30. The van der Waals surface area contributed by atoms with Gasteiger partial charge >= 0.3 is 0 Å². The maximum atomic E-state index is 3.30. The first-order valence-electron chi connectivity index (χ1n) is 6.94. The number of nitrogens with one attached hydrogen (secondary N) is 1. The summed E-state index contributed by atoms with van der Waals surface area (Å²) in [5, 5.41) is 3.30. The van der Waals surface area contributed by atoms with Crippen LogP contribution in [0.2, 0.25) is 0 Å². The average molecular weight is 207 g/mol. The highest BCUT2D eigenvalue weighted by atomic mass is 14.8. The van der Waals surface area contributed by atoms with Crippen LogP contribution in [0, 0.1) is 23.2 Å². The Morgan fingerprint density at radius 3 is 2.00 bits per heavy atom. The van der Waals surface area contributed by atoms with Gasteiger partial charge in [-0.25, -0.2) is 0 Å². The molecule has 0 atom stereocenters. The fourth-order valence-corrected chi connectivity index (χ4v) is 5.24. The van der Waals surface area contributed by atoms with Crippen LogP contribution in [-0.4, -0.2) is 13.6 Å². The van der Waals surface area contributed by atoms with Crippen LogP contribution in [-0.2, 0) is 0 Å². The smallest absolute Gasteiger partial charge is 0.00517 e. The quantitative estimate of drug-likeness (QED) is 0.698. The summed E-state index contributed by atoms with van der Waals surface area (Å²) >= 11 is 0. The van der Waals surface area contributed by atoms with Crippen molar-refractivity contribution >= 4 is 0 Å². The molecule has 4 aliphatic carbocycles. The second-order valence-electron chi connectivity index (χ2n) is 6.62. The fraction of sp³-hybridized carbons (Fsp3) is 1.00. The topological polar surface area (TPSA) is 12.0 Å². The van der Waals surface area contributed by atoms with Crippen molar-refractivity contribution in [1.29, 1.82) is 0 Å². The highest BCUT2D eigenvalue weighted by molar-refractivity contribution is 5.01. The van der Waals surface area contributed by atoms with Crippen LogP contribution in [0.25, 0.3) is 0 Å². The molecule has 1 nitrogen and oxygen atoms in total. The van der Waals surface area contributed by atoms with Gasteiger partial charge in [-0.15, -0.1) is 0 Å². The Morgan fingerprint density at radius 2 is 1.53 bits per heavy atom. The summed E-state index contributed by atoms with van der Waals surface area (Å²) in [5.41, 5.74) is 0.811. The van der Waals surface area contributed by atoms with Crippen LogP contribution >= 0.6 is 0 Å². The van der Waals surface area contributed by atoms with Crippen molar-refractivity contribution in [1.82, 2.24) is 5.32 Å². The van der Waals surface area contributed by atoms with Crippen molar-refractivity contribution in [3.63, 3.8) is 0 Å². The van der Waals surface area contributed by atoms with Gasteiger partial charge in [0, 0.05) is 0 Å². The first-order valence-corrected chi connectivity index (χ1v) is 6.94. The maximum absolute atomic E-state index is 3.30. The Hall–Kier alpha value is -0.0400. The lowest BCUT2D eigenvalue weighted by atomic mass is 9.48. The monoisotopic (exact) mass is 207 g/mol. The molecule has 0 aromatic rings. The predicted octanol–water partition coefficient (Wildman–Crippen LogP) is 3.20. The van der Waals surface area contributed by atoms with Gasteiger partial charge in [0.2, 0.25) is 0 Å². The first-order chi connectivity index (χ1) is 7.30. The van der Waals surface area contributed by atoms with Gasteiger partial charge in [-0.1, -0.05) is 0 Å². The Kier molecular flexibility index (Phi) is 2.54. The van der Waals surface area contributed by atoms with E-state index in [4.69, 9.17) is 0 Å². The van der Waals surface area contributed by atoms with Crippen LogP contribution in [0.5, 0.6) is 0 Å². The van der Waals surface area contributed by atoms with Crippen LogP contribution in [0.15, 0.2) is 0 Å². The molecule has 4 fully saturated rings. The summed E-state index contributed by atoms with van der Waals surface area (Å²) in [6, 6.07) is 0. The molecule has 4 saturated carbocycles. The lowest BCUT2D eigenvalue weighted by molar-refractivity contribution is -0.0579. The molecule has 1 heteroatoms. The van der Waals surface area contributed by atoms with Gasteiger partial charge in [0.1, 0.15) is 0 Å². The highest BCUT2D eigenvalue weighted by Crippen LogP contribution is 2.61. The summed E-state index contributed by atoms with van der Waals surface area (Å²) in [6.07, 6.45) is 12.4. The number of hydrogen-bond acceptors (Lipinski definition) is 1. The van der Waals surface area contributed by atoms with Gasteiger partial charge in [0.05, 0.1) is 0 Å². The van der Waals surface area contributed by atoms with E-state index < -0.39 is 0 Å². The predicted molar refractivity (Wildman–Crippen MR) is 63.8 cm³/mol. The minimum absolute atomic E-state index is 0.811. The molecule has 15 heavy (non-hydrogen) atoms. The fourth-order valence-electron chi connectivity index (χ4n) is 5.24. The third-order valence-corrected chi connectivity index (χ3v) is 5.30. The zero-order valence-electron chi connectivity index (χ0n) is 10.1. The van der Waals surface area contributed by atoms with Crippen LogP contribution in [0.3, 0.4) is 0 Å². The molecule has 4 rings (SSSR count). The summed E-state index contributed by atoms with van der Waals surface area (Å²) in [7, 11) is 2.08. The molecule has 0 heterocycles. The SMILES string of the molecule is CNCCCC12CC3CC(CC(C3)C1)C2. The van der Waals surface area contributed by atoms with E-state index in [2.05, 4.69) is 12.4 Å². The van der Waals surface area contributed by atoms with E-state index in [0.29, 0.717) is 0 Å². The zero-order valence-corrected chi connectivity index (χ0v) is 10.1. The Bertz CT molecular complexity index is 198. The minimum Gasteiger partial charge on any atom is -0.320 e. The Morgan fingerprint density at radius 1 is 1.00 bits per heavy atom. The molecular weight excluding hydrogens is 182 g/mol. The van der Waals surface area contributed by atoms with E-state index in [-0.39, 0.29) is 0 Å². The van der Waals surface area contributed by atoms with Crippen LogP contribution in [0.1, 0.15) is 51.4 Å². The molecule has 86 valence electrons. The second kappa shape index (κ2) is 3.76. The standard InChI is InChI=1S/C14H25N/c1-15-4-2-3-14-8-11-5-12(9-14)7-13(6-11)10-14/h11-13,15H,2-10H2,1H3. The molecule has 0 aliphatic heterocycles. The molecule has 0 aromatic heterocycles. The molecule has 0 aromatic carbocycles. The highest BCUT2D eigenvalue weighted by Gasteiger charge is 2.50. The minimum atomic E-state index is 0.811. The molecular formula is C14H25N. The molecule has 4 bridgehead atoms. The zero-order chi connectivity index (χ0) is 10.3. The summed E-state index contributed by atoms with van der Waals surface area (Å²) in [6.45, 7) is 1.22. The number of rotatable bonds is 4. The van der Waals surface area contributed by atoms with E-state index in [9.17, 15) is 0 Å². The Balaban J connectivity index is 1.65. The molecule has 1 N–H and O–H groups in total. The largest absolute Gasteiger partial charge is 0.320 e. The van der Waals surface area contributed by atoms with E-state index >= 15 is 0 Å². The molecule has 4 aliphatic rings. The van der Waals surface area contributed by atoms with E-state index in [1.165, 1.54) is 19.4 Å². The van der Waals surface area contributed by atoms with Gasteiger partial charge in [0.15, 0.2) is 0 Å². The van der Waals surface area contributed by atoms with Gasteiger partial charge in [-0.2, -0.15) is 0 Å². The van der Waals surface area contributed by atoms with Crippen molar-refractivity contribution in [3.05, 3.63) is 0 Å². The van der Waals surface area contributed by atoms with Gasteiger partial charge in [-0.05, 0) is 88.1 Å². The first kappa shape index (κ1) is 10.1. The van der Waals surface area contributed by atoms with Gasteiger partial charge < -0.3 is 5.32 Å². The van der Waals surface area contributed by atoms with Crippen LogP contribution in [0.4, 0.5) is 0 Å². The molecule has 0 amide bonds. The van der Waals surface area contributed by atoms with Crippen molar-refractivity contribution in [3.8, 4) is 0 Å². The Labute approximate surface area is 94.0 Å². The summed E-state index contributed by atoms with van der Waals surface area (Å²) in [5.74, 6) is 3.39. The molecule has 0 saturated heterocycles. The summed E-state index contributed by atoms with van der Waals surface area (Å²) < 4.78 is 0. The van der Waals surface area contributed by atoms with E-state index in [0.717, 1.165) is 23.2 Å².